The molecule has 2 saturated carbocycles. The average molecular weight is 473 g/mol. The van der Waals surface area contributed by atoms with Crippen LogP contribution in [0.25, 0.3) is 0 Å². The number of methoxy groups -OCH3 is 1. The van der Waals surface area contributed by atoms with Crippen LogP contribution >= 0.6 is 0 Å². The summed E-state index contributed by atoms with van der Waals surface area (Å²) >= 11 is 0. The number of ether oxygens (including phenoxy) is 1. The van der Waals surface area contributed by atoms with Crippen LogP contribution in [0.1, 0.15) is 106 Å². The van der Waals surface area contributed by atoms with Gasteiger partial charge in [0.2, 0.25) is 0 Å². The zero-order valence-corrected chi connectivity index (χ0v) is 21.6. The number of hydrogen-bond donors (Lipinski definition) is 3. The fourth-order valence-electron chi connectivity index (χ4n) is 6.27. The van der Waals surface area contributed by atoms with Gasteiger partial charge in [-0.2, -0.15) is 0 Å². The maximum atomic E-state index is 13.3. The summed E-state index contributed by atoms with van der Waals surface area (Å²) in [6, 6.07) is 7.95. The Balaban J connectivity index is 1.72. The molecule has 2 fully saturated rings. The molecule has 2 aliphatic carbocycles. The molecule has 0 saturated heterocycles. The second-order valence-electron chi connectivity index (χ2n) is 10.8. The van der Waals surface area contributed by atoms with E-state index in [0.717, 1.165) is 57.2 Å². The summed E-state index contributed by atoms with van der Waals surface area (Å²) in [5.41, 5.74) is 0.687. The first-order valence-electron chi connectivity index (χ1n) is 13.8. The monoisotopic (exact) mass is 472 g/mol. The molecular formula is C29H48N2O3. The molecule has 34 heavy (non-hydrogen) atoms. The number of nitrogens with one attached hydrogen (secondary N) is 2. The maximum Gasteiger partial charge on any atom is 0.251 e. The summed E-state index contributed by atoms with van der Waals surface area (Å²) in [5.74, 6) is 0.941. The van der Waals surface area contributed by atoms with Gasteiger partial charge in [0, 0.05) is 31.9 Å². The van der Waals surface area contributed by atoms with Gasteiger partial charge in [-0.05, 0) is 75.1 Å². The molecule has 1 amide bonds. The summed E-state index contributed by atoms with van der Waals surface area (Å²) in [6.07, 6.45) is 15.9. The van der Waals surface area contributed by atoms with E-state index in [1.807, 2.05) is 31.3 Å². The largest absolute Gasteiger partial charge is 0.385 e. The molecule has 2 atom stereocenters. The van der Waals surface area contributed by atoms with Crippen LogP contribution in [-0.4, -0.2) is 44.4 Å². The van der Waals surface area contributed by atoms with Crippen molar-refractivity contribution in [2.75, 3.05) is 27.3 Å². The molecule has 5 heteroatoms. The van der Waals surface area contributed by atoms with Gasteiger partial charge in [-0.25, -0.2) is 0 Å². The molecule has 1 aromatic rings. The predicted molar refractivity (Wildman–Crippen MR) is 139 cm³/mol. The van der Waals surface area contributed by atoms with Gasteiger partial charge in [-0.1, -0.05) is 63.5 Å². The molecule has 5 nitrogen and oxygen atoms in total. The van der Waals surface area contributed by atoms with E-state index in [-0.39, 0.29) is 17.9 Å². The van der Waals surface area contributed by atoms with Crippen LogP contribution < -0.4 is 10.6 Å². The van der Waals surface area contributed by atoms with E-state index in [1.165, 1.54) is 51.4 Å². The average Bonchev–Trinajstić information content (AvgIpc) is 2.88. The van der Waals surface area contributed by atoms with Crippen molar-refractivity contribution < 1.29 is 14.6 Å². The van der Waals surface area contributed by atoms with Crippen LogP contribution in [-0.2, 0) is 10.3 Å². The number of benzene rings is 1. The summed E-state index contributed by atoms with van der Waals surface area (Å²) in [7, 11) is 3.68. The van der Waals surface area contributed by atoms with Gasteiger partial charge >= 0.3 is 0 Å². The number of aliphatic hydroxyl groups is 1. The number of carbonyl (C=O) groups excluding carboxylic acids is 1. The van der Waals surface area contributed by atoms with Crippen LogP contribution in [0.15, 0.2) is 24.3 Å². The molecule has 0 heterocycles. The van der Waals surface area contributed by atoms with Crippen molar-refractivity contribution in [1.29, 1.82) is 0 Å². The van der Waals surface area contributed by atoms with E-state index in [2.05, 4.69) is 10.6 Å². The smallest absolute Gasteiger partial charge is 0.251 e. The lowest BCUT2D eigenvalue weighted by Crippen LogP contribution is -2.43. The highest BCUT2D eigenvalue weighted by Gasteiger charge is 2.38. The fourth-order valence-corrected chi connectivity index (χ4v) is 6.27. The quantitative estimate of drug-likeness (QED) is 0.329. The molecule has 0 aliphatic heterocycles. The second kappa shape index (κ2) is 14.2. The number of hydrogen-bond acceptors (Lipinski definition) is 4. The fraction of sp³-hybridized carbons (Fsp3) is 0.759. The molecular weight excluding hydrogens is 424 g/mol. The molecule has 2 aliphatic rings. The van der Waals surface area contributed by atoms with Crippen molar-refractivity contribution >= 4 is 5.91 Å². The Morgan fingerprint density at radius 2 is 1.79 bits per heavy atom. The summed E-state index contributed by atoms with van der Waals surface area (Å²) in [4.78, 5) is 13.3. The molecule has 192 valence electrons. The first kappa shape index (κ1) is 27.2. The van der Waals surface area contributed by atoms with E-state index in [1.54, 1.807) is 7.11 Å². The minimum absolute atomic E-state index is 0.0247. The van der Waals surface area contributed by atoms with Crippen LogP contribution in [0.3, 0.4) is 0 Å². The van der Waals surface area contributed by atoms with Gasteiger partial charge in [0.1, 0.15) is 0 Å². The maximum absolute atomic E-state index is 13.3. The number of unbranched alkanes of at least 4 members (excludes halogenated alkanes) is 1. The van der Waals surface area contributed by atoms with Gasteiger partial charge < -0.3 is 20.5 Å². The Morgan fingerprint density at radius 3 is 2.47 bits per heavy atom. The predicted octanol–water partition coefficient (Wildman–Crippen LogP) is 5.56. The van der Waals surface area contributed by atoms with Crippen molar-refractivity contribution in [2.24, 2.45) is 11.8 Å². The van der Waals surface area contributed by atoms with Crippen LogP contribution in [0.5, 0.6) is 0 Å². The Hall–Kier alpha value is -1.43. The normalized spacial score (nSPS) is 20.6. The molecule has 0 bridgehead atoms. The van der Waals surface area contributed by atoms with E-state index < -0.39 is 5.60 Å². The zero-order chi connectivity index (χ0) is 24.2. The second-order valence-corrected chi connectivity index (χ2v) is 10.8. The van der Waals surface area contributed by atoms with Crippen molar-refractivity contribution in [3.63, 3.8) is 0 Å². The molecule has 3 N–H and O–H groups in total. The van der Waals surface area contributed by atoms with Crippen molar-refractivity contribution in [3.05, 3.63) is 35.4 Å². The Kier molecular flexibility index (Phi) is 11.4. The van der Waals surface area contributed by atoms with Crippen molar-refractivity contribution in [1.82, 2.24) is 10.6 Å². The van der Waals surface area contributed by atoms with Gasteiger partial charge in [-0.3, -0.25) is 4.79 Å². The number of rotatable bonds is 13. The molecule has 0 aromatic heterocycles. The number of carbonyl (C=O) groups is 1. The van der Waals surface area contributed by atoms with Gasteiger partial charge in [0.05, 0.1) is 5.60 Å². The van der Waals surface area contributed by atoms with Crippen molar-refractivity contribution in [2.45, 2.75) is 102 Å². The third-order valence-electron chi connectivity index (χ3n) is 8.19. The van der Waals surface area contributed by atoms with Crippen LogP contribution in [0.4, 0.5) is 0 Å². The summed E-state index contributed by atoms with van der Waals surface area (Å²) < 4.78 is 5.23. The summed E-state index contributed by atoms with van der Waals surface area (Å²) in [6.45, 7) is 1.50. The van der Waals surface area contributed by atoms with E-state index in [0.29, 0.717) is 11.5 Å². The molecule has 1 aromatic carbocycles. The van der Waals surface area contributed by atoms with E-state index in [9.17, 15) is 9.90 Å². The standard InChI is InChI=1S/C29H48N2O3/c1-30-22-27(20-23-12-5-3-6-13-23)31-28(32)24-14-11-17-26(21-24)29(33,18-9-10-19-34-2)25-15-7-4-8-16-25/h11,14,17,21,23,25,27,30,33H,3-10,12-13,15-16,18-20,22H2,1-2H3,(H,31,32)/t27?,29-/m1/s1. The van der Waals surface area contributed by atoms with Crippen molar-refractivity contribution in [3.8, 4) is 0 Å². The minimum Gasteiger partial charge on any atom is -0.385 e. The molecule has 0 radical (unpaired) electrons. The number of amides is 1. The minimum atomic E-state index is -0.878. The molecule has 3 rings (SSSR count). The highest BCUT2D eigenvalue weighted by Crippen LogP contribution is 2.43. The van der Waals surface area contributed by atoms with Gasteiger partial charge in [0.25, 0.3) is 5.91 Å². The number of likely N-dealkylation sites (N-methyl/N-ethyl adjacent to an activating group) is 1. The topological polar surface area (TPSA) is 70.6 Å². The Morgan fingerprint density at radius 1 is 1.09 bits per heavy atom. The first-order chi connectivity index (χ1) is 16.6. The first-order valence-corrected chi connectivity index (χ1v) is 13.8. The lowest BCUT2D eigenvalue weighted by atomic mass is 9.71. The zero-order valence-electron chi connectivity index (χ0n) is 21.6. The van der Waals surface area contributed by atoms with Gasteiger partial charge in [-0.15, -0.1) is 0 Å². The van der Waals surface area contributed by atoms with Crippen LogP contribution in [0.2, 0.25) is 0 Å². The van der Waals surface area contributed by atoms with E-state index >= 15 is 0 Å². The molecule has 1 unspecified atom stereocenters. The highest BCUT2D eigenvalue weighted by molar-refractivity contribution is 5.94. The Bertz CT molecular complexity index is 728. The highest BCUT2D eigenvalue weighted by atomic mass is 16.5. The van der Waals surface area contributed by atoms with Gasteiger partial charge in [0.15, 0.2) is 0 Å². The molecule has 0 spiro atoms. The lowest BCUT2D eigenvalue weighted by molar-refractivity contribution is -0.0487. The van der Waals surface area contributed by atoms with E-state index in [4.69, 9.17) is 4.74 Å². The Labute approximate surface area is 207 Å². The third kappa shape index (κ3) is 7.79. The summed E-state index contributed by atoms with van der Waals surface area (Å²) in [5, 5.41) is 18.6. The van der Waals surface area contributed by atoms with Crippen LogP contribution in [0, 0.1) is 11.8 Å². The SMILES string of the molecule is CNCC(CC1CCCCC1)NC(=O)c1cccc([C@@](O)(CCCCOC)C2CCCCC2)c1. The lowest BCUT2D eigenvalue weighted by Gasteiger charge is -2.39. The third-order valence-corrected chi connectivity index (χ3v) is 8.19.